The summed E-state index contributed by atoms with van der Waals surface area (Å²) in [4.78, 5) is 13.3. The maximum atomic E-state index is 9.59. The van der Waals surface area contributed by atoms with Crippen LogP contribution in [0.4, 0.5) is 5.69 Å². The van der Waals surface area contributed by atoms with Crippen molar-refractivity contribution >= 4 is 5.69 Å². The van der Waals surface area contributed by atoms with Gasteiger partial charge in [0, 0.05) is 6.20 Å². The standard InChI is InChI=1S/C5H5N3O/c9-8-7-5-2-1-3-6-4-5/h1-4H,(H,7,9). The summed E-state index contributed by atoms with van der Waals surface area (Å²) in [6, 6.07) is 3.42. The van der Waals surface area contributed by atoms with Crippen molar-refractivity contribution in [2.45, 2.75) is 0 Å². The van der Waals surface area contributed by atoms with Crippen LogP contribution in [0.5, 0.6) is 0 Å². The van der Waals surface area contributed by atoms with Gasteiger partial charge in [-0.25, -0.2) is 5.43 Å². The Hall–Kier alpha value is -1.45. The number of hydrogen-bond donors (Lipinski definition) is 1. The van der Waals surface area contributed by atoms with Gasteiger partial charge in [0.1, 0.15) is 0 Å². The number of hydrogen-bond acceptors (Lipinski definition) is 3. The molecule has 0 bridgehead atoms. The first-order valence-corrected chi connectivity index (χ1v) is 2.42. The second kappa shape index (κ2) is 2.76. The quantitative estimate of drug-likeness (QED) is 0.474. The number of anilines is 1. The molecule has 0 radical (unpaired) electrons. The fourth-order valence-electron chi connectivity index (χ4n) is 0.482. The predicted octanol–water partition coefficient (Wildman–Crippen LogP) is 1.17. The SMILES string of the molecule is O=NNc1cccnc1. The Labute approximate surface area is 51.9 Å². The minimum Gasteiger partial charge on any atom is -0.263 e. The number of pyridine rings is 1. The van der Waals surface area contributed by atoms with E-state index in [1.54, 1.807) is 18.3 Å². The van der Waals surface area contributed by atoms with E-state index in [1.807, 2.05) is 0 Å². The summed E-state index contributed by atoms with van der Waals surface area (Å²) in [5.41, 5.74) is 2.82. The van der Waals surface area contributed by atoms with Gasteiger partial charge in [0.25, 0.3) is 0 Å². The van der Waals surface area contributed by atoms with Crippen LogP contribution in [0, 0.1) is 4.91 Å². The van der Waals surface area contributed by atoms with Gasteiger partial charge in [-0.3, -0.25) is 4.98 Å². The van der Waals surface area contributed by atoms with Gasteiger partial charge in [-0.1, -0.05) is 0 Å². The smallest absolute Gasteiger partial charge is 0.0777 e. The fraction of sp³-hybridized carbons (Fsp3) is 0. The Morgan fingerprint density at radius 3 is 3.11 bits per heavy atom. The van der Waals surface area contributed by atoms with E-state index in [4.69, 9.17) is 0 Å². The number of aromatic nitrogens is 1. The molecule has 9 heavy (non-hydrogen) atoms. The van der Waals surface area contributed by atoms with Crippen molar-refractivity contribution in [3.63, 3.8) is 0 Å². The van der Waals surface area contributed by atoms with Crippen LogP contribution in [0.1, 0.15) is 0 Å². The van der Waals surface area contributed by atoms with Gasteiger partial charge >= 0.3 is 0 Å². The van der Waals surface area contributed by atoms with Crippen LogP contribution in [0.3, 0.4) is 0 Å². The molecule has 0 atom stereocenters. The van der Waals surface area contributed by atoms with Crippen LogP contribution in [0.25, 0.3) is 0 Å². The van der Waals surface area contributed by atoms with Crippen LogP contribution in [0.15, 0.2) is 29.8 Å². The lowest BCUT2D eigenvalue weighted by Crippen LogP contribution is -1.84. The van der Waals surface area contributed by atoms with Crippen molar-refractivity contribution in [3.8, 4) is 0 Å². The monoisotopic (exact) mass is 123 g/mol. The molecule has 0 unspecified atom stereocenters. The summed E-state index contributed by atoms with van der Waals surface area (Å²) in [6.07, 6.45) is 3.14. The fourth-order valence-corrected chi connectivity index (χ4v) is 0.482. The molecular formula is C5H5N3O. The Balaban J connectivity index is 2.72. The summed E-state index contributed by atoms with van der Waals surface area (Å²) in [5, 5.41) is 2.47. The number of nitroso groups, excluding NO2 is 1. The highest BCUT2D eigenvalue weighted by Gasteiger charge is 1.83. The molecule has 1 rings (SSSR count). The van der Waals surface area contributed by atoms with E-state index in [0.29, 0.717) is 5.69 Å². The molecule has 1 aromatic heterocycles. The number of rotatable bonds is 2. The maximum Gasteiger partial charge on any atom is 0.0777 e. The Morgan fingerprint density at radius 1 is 1.67 bits per heavy atom. The molecule has 1 heterocycles. The molecule has 0 aromatic carbocycles. The lowest BCUT2D eigenvalue weighted by Gasteiger charge is -1.90. The third kappa shape index (κ3) is 1.49. The van der Waals surface area contributed by atoms with Gasteiger partial charge in [-0.05, 0) is 12.1 Å². The van der Waals surface area contributed by atoms with Gasteiger partial charge in [0.15, 0.2) is 0 Å². The van der Waals surface area contributed by atoms with Crippen LogP contribution >= 0.6 is 0 Å². The van der Waals surface area contributed by atoms with E-state index >= 15 is 0 Å². The van der Waals surface area contributed by atoms with Crippen molar-refractivity contribution in [3.05, 3.63) is 29.4 Å². The van der Waals surface area contributed by atoms with Crippen molar-refractivity contribution in [1.29, 1.82) is 0 Å². The maximum absolute atomic E-state index is 9.59. The predicted molar refractivity (Wildman–Crippen MR) is 33.7 cm³/mol. The van der Waals surface area contributed by atoms with Gasteiger partial charge in [0.05, 0.1) is 17.2 Å². The van der Waals surface area contributed by atoms with Crippen LogP contribution in [-0.2, 0) is 0 Å². The summed E-state index contributed by atoms with van der Waals surface area (Å²) in [6.45, 7) is 0. The minimum atomic E-state index is 0.604. The molecule has 1 aromatic rings. The van der Waals surface area contributed by atoms with Crippen molar-refractivity contribution < 1.29 is 0 Å². The van der Waals surface area contributed by atoms with Crippen LogP contribution in [0.2, 0.25) is 0 Å². The number of nitrogens with zero attached hydrogens (tertiary/aromatic N) is 2. The molecule has 0 saturated carbocycles. The first kappa shape index (κ1) is 5.68. The summed E-state index contributed by atoms with van der Waals surface area (Å²) in [7, 11) is 0. The molecule has 0 fully saturated rings. The molecule has 1 N–H and O–H groups in total. The topological polar surface area (TPSA) is 54.4 Å². The zero-order chi connectivity index (χ0) is 6.53. The zero-order valence-electron chi connectivity index (χ0n) is 4.61. The third-order valence-electron chi connectivity index (χ3n) is 0.836. The van der Waals surface area contributed by atoms with Crippen LogP contribution in [-0.4, -0.2) is 4.98 Å². The van der Waals surface area contributed by atoms with E-state index in [9.17, 15) is 4.91 Å². The zero-order valence-corrected chi connectivity index (χ0v) is 4.61. The molecule has 4 heteroatoms. The van der Waals surface area contributed by atoms with Crippen molar-refractivity contribution in [2.24, 2.45) is 5.29 Å². The lowest BCUT2D eigenvalue weighted by atomic mass is 10.4. The highest BCUT2D eigenvalue weighted by molar-refractivity contribution is 5.38. The average molecular weight is 123 g/mol. The highest BCUT2D eigenvalue weighted by Crippen LogP contribution is 2.00. The van der Waals surface area contributed by atoms with Crippen LogP contribution < -0.4 is 5.43 Å². The largest absolute Gasteiger partial charge is 0.263 e. The summed E-state index contributed by atoms with van der Waals surface area (Å²) in [5.74, 6) is 0. The molecule has 4 nitrogen and oxygen atoms in total. The first-order chi connectivity index (χ1) is 4.43. The molecule has 0 spiro atoms. The van der Waals surface area contributed by atoms with E-state index in [1.165, 1.54) is 6.20 Å². The van der Waals surface area contributed by atoms with E-state index < -0.39 is 0 Å². The van der Waals surface area contributed by atoms with E-state index in [-0.39, 0.29) is 0 Å². The average Bonchev–Trinajstić information content (AvgIpc) is 1.91. The normalized spacial score (nSPS) is 8.44. The lowest BCUT2D eigenvalue weighted by molar-refractivity contribution is 1.26. The second-order valence-electron chi connectivity index (χ2n) is 1.44. The third-order valence-corrected chi connectivity index (χ3v) is 0.836. The van der Waals surface area contributed by atoms with Gasteiger partial charge < -0.3 is 0 Å². The first-order valence-electron chi connectivity index (χ1n) is 2.42. The molecule has 0 aliphatic carbocycles. The Morgan fingerprint density at radius 2 is 2.56 bits per heavy atom. The highest BCUT2D eigenvalue weighted by atomic mass is 16.3. The minimum absolute atomic E-state index is 0.604. The van der Waals surface area contributed by atoms with E-state index in [0.717, 1.165) is 0 Å². The summed E-state index contributed by atoms with van der Waals surface area (Å²) < 4.78 is 0. The Kier molecular flexibility index (Phi) is 1.74. The molecular weight excluding hydrogens is 118 g/mol. The van der Waals surface area contributed by atoms with Crippen molar-refractivity contribution in [2.75, 3.05) is 5.43 Å². The van der Waals surface area contributed by atoms with Gasteiger partial charge in [-0.2, -0.15) is 0 Å². The Bertz CT molecular complexity index is 187. The molecule has 0 saturated heterocycles. The second-order valence-corrected chi connectivity index (χ2v) is 1.44. The molecule has 0 amide bonds. The van der Waals surface area contributed by atoms with Crippen molar-refractivity contribution in [1.82, 2.24) is 4.98 Å². The molecule has 0 aliphatic heterocycles. The van der Waals surface area contributed by atoms with E-state index in [2.05, 4.69) is 15.7 Å². The molecule has 46 valence electrons. The van der Waals surface area contributed by atoms with Gasteiger partial charge in [-0.15, -0.1) is 4.91 Å². The number of nitrogens with one attached hydrogen (secondary N) is 1. The van der Waals surface area contributed by atoms with Gasteiger partial charge in [0.2, 0.25) is 0 Å². The molecule has 0 aliphatic rings. The summed E-state index contributed by atoms with van der Waals surface area (Å²) >= 11 is 0.